The summed E-state index contributed by atoms with van der Waals surface area (Å²) < 4.78 is 4.80. The van der Waals surface area contributed by atoms with Crippen LogP contribution >= 0.6 is 0 Å². The molecule has 0 aromatic heterocycles. The molecule has 3 heteroatoms. The van der Waals surface area contributed by atoms with Crippen LogP contribution in [0.2, 0.25) is 0 Å². The largest absolute Gasteiger partial charge is 0.466 e. The van der Waals surface area contributed by atoms with E-state index < -0.39 is 0 Å². The predicted octanol–water partition coefficient (Wildman–Crippen LogP) is 3.96. The van der Waals surface area contributed by atoms with Crippen molar-refractivity contribution in [3.05, 3.63) is 47.5 Å². The molecule has 0 amide bonds. The van der Waals surface area contributed by atoms with Crippen LogP contribution in [0, 0.1) is 5.92 Å². The number of esters is 1. The standard InChI is InChI=1S/C19H25NO2/c1-4-5-8-16(13-14(2)19(21)22-3)18-17-10-7-6-9-15(17)11-12-20-18/h6-7,9-10,16H,2,4-5,8,11-13H2,1,3H3. The van der Waals surface area contributed by atoms with E-state index in [2.05, 4.69) is 37.8 Å². The van der Waals surface area contributed by atoms with Crippen molar-refractivity contribution in [1.29, 1.82) is 0 Å². The Labute approximate surface area is 133 Å². The van der Waals surface area contributed by atoms with Crippen LogP contribution in [0.4, 0.5) is 0 Å². The zero-order valence-corrected chi connectivity index (χ0v) is 13.6. The summed E-state index contributed by atoms with van der Waals surface area (Å²) in [7, 11) is 1.40. The Morgan fingerprint density at radius 1 is 1.41 bits per heavy atom. The number of hydrogen-bond acceptors (Lipinski definition) is 3. The number of aliphatic imine (C=N–C) groups is 1. The van der Waals surface area contributed by atoms with Crippen LogP contribution in [-0.2, 0) is 16.0 Å². The van der Waals surface area contributed by atoms with E-state index >= 15 is 0 Å². The van der Waals surface area contributed by atoms with Crippen molar-refractivity contribution in [3.63, 3.8) is 0 Å². The van der Waals surface area contributed by atoms with Gasteiger partial charge in [0.15, 0.2) is 0 Å². The maximum atomic E-state index is 11.7. The molecule has 0 spiro atoms. The van der Waals surface area contributed by atoms with Crippen molar-refractivity contribution in [2.75, 3.05) is 13.7 Å². The highest BCUT2D eigenvalue weighted by atomic mass is 16.5. The average Bonchev–Trinajstić information content (AvgIpc) is 2.57. The summed E-state index contributed by atoms with van der Waals surface area (Å²) in [6, 6.07) is 8.46. The van der Waals surface area contributed by atoms with Gasteiger partial charge in [-0.05, 0) is 30.4 Å². The van der Waals surface area contributed by atoms with Crippen LogP contribution in [0.15, 0.2) is 41.4 Å². The number of carbonyl (C=O) groups excluding carboxylic acids is 1. The molecule has 0 aliphatic carbocycles. The third-order valence-electron chi connectivity index (χ3n) is 4.22. The van der Waals surface area contributed by atoms with Crippen LogP contribution in [0.25, 0.3) is 0 Å². The summed E-state index contributed by atoms with van der Waals surface area (Å²) in [6.07, 6.45) is 4.91. The molecule has 0 saturated heterocycles. The fourth-order valence-electron chi connectivity index (χ4n) is 3.03. The summed E-state index contributed by atoms with van der Waals surface area (Å²) in [5.41, 5.74) is 4.28. The van der Waals surface area contributed by atoms with Gasteiger partial charge in [0.25, 0.3) is 0 Å². The second-order valence-corrected chi connectivity index (χ2v) is 5.81. The fourth-order valence-corrected chi connectivity index (χ4v) is 3.03. The number of benzene rings is 1. The lowest BCUT2D eigenvalue weighted by Crippen LogP contribution is -2.23. The molecule has 2 rings (SSSR count). The maximum absolute atomic E-state index is 11.7. The highest BCUT2D eigenvalue weighted by Crippen LogP contribution is 2.27. The Morgan fingerprint density at radius 2 is 2.18 bits per heavy atom. The molecule has 0 bridgehead atoms. The Balaban J connectivity index is 2.23. The molecule has 1 aliphatic heterocycles. The lowest BCUT2D eigenvalue weighted by atomic mass is 9.83. The van der Waals surface area contributed by atoms with Crippen molar-refractivity contribution in [2.24, 2.45) is 10.9 Å². The van der Waals surface area contributed by atoms with Gasteiger partial charge < -0.3 is 4.74 Å². The van der Waals surface area contributed by atoms with E-state index in [-0.39, 0.29) is 11.9 Å². The van der Waals surface area contributed by atoms with Gasteiger partial charge in [-0.3, -0.25) is 4.99 Å². The van der Waals surface area contributed by atoms with E-state index in [0.717, 1.165) is 37.9 Å². The normalized spacial score (nSPS) is 14.7. The number of carbonyl (C=O) groups is 1. The second-order valence-electron chi connectivity index (χ2n) is 5.81. The van der Waals surface area contributed by atoms with Gasteiger partial charge in [0.1, 0.15) is 0 Å². The smallest absolute Gasteiger partial charge is 0.333 e. The first-order valence-corrected chi connectivity index (χ1v) is 8.06. The molecule has 1 aliphatic rings. The number of methoxy groups -OCH3 is 1. The van der Waals surface area contributed by atoms with Gasteiger partial charge >= 0.3 is 5.97 Å². The molecule has 1 aromatic carbocycles. The number of unbranched alkanes of at least 4 members (excludes halogenated alkanes) is 1. The monoisotopic (exact) mass is 299 g/mol. The molecular formula is C19H25NO2. The third kappa shape index (κ3) is 3.85. The van der Waals surface area contributed by atoms with Crippen molar-refractivity contribution >= 4 is 11.7 Å². The summed E-state index contributed by atoms with van der Waals surface area (Å²) >= 11 is 0. The van der Waals surface area contributed by atoms with E-state index in [9.17, 15) is 4.79 Å². The third-order valence-corrected chi connectivity index (χ3v) is 4.22. The first kappa shape index (κ1) is 16.5. The molecule has 118 valence electrons. The van der Waals surface area contributed by atoms with E-state index in [0.29, 0.717) is 12.0 Å². The van der Waals surface area contributed by atoms with Crippen molar-refractivity contribution in [1.82, 2.24) is 0 Å². The molecule has 0 radical (unpaired) electrons. The van der Waals surface area contributed by atoms with E-state index in [1.54, 1.807) is 0 Å². The Bertz CT molecular complexity index is 575. The number of nitrogens with zero attached hydrogens (tertiary/aromatic N) is 1. The molecule has 0 saturated carbocycles. The maximum Gasteiger partial charge on any atom is 0.333 e. The first-order chi connectivity index (χ1) is 10.7. The molecule has 0 N–H and O–H groups in total. The van der Waals surface area contributed by atoms with E-state index in [1.165, 1.54) is 18.2 Å². The number of rotatable bonds is 7. The van der Waals surface area contributed by atoms with Crippen LogP contribution in [-0.4, -0.2) is 25.3 Å². The van der Waals surface area contributed by atoms with E-state index in [4.69, 9.17) is 9.73 Å². The Morgan fingerprint density at radius 3 is 2.91 bits per heavy atom. The minimum atomic E-state index is -0.314. The minimum absolute atomic E-state index is 0.244. The molecule has 1 unspecified atom stereocenters. The summed E-state index contributed by atoms with van der Waals surface area (Å²) in [6.45, 7) is 6.91. The average molecular weight is 299 g/mol. The van der Waals surface area contributed by atoms with Gasteiger partial charge in [0.2, 0.25) is 0 Å². The Kier molecular flexibility index (Phi) is 5.93. The topological polar surface area (TPSA) is 38.7 Å². The highest BCUT2D eigenvalue weighted by molar-refractivity contribution is 6.04. The van der Waals surface area contributed by atoms with Crippen LogP contribution < -0.4 is 0 Å². The lowest BCUT2D eigenvalue weighted by molar-refractivity contribution is -0.136. The molecule has 1 atom stereocenters. The van der Waals surface area contributed by atoms with Crippen molar-refractivity contribution < 1.29 is 9.53 Å². The number of ether oxygens (including phenoxy) is 1. The number of hydrogen-bond donors (Lipinski definition) is 0. The SMILES string of the molecule is C=C(CC(CCCC)C1=NCCc2ccccc21)C(=O)OC. The number of fused-ring (bicyclic) bond motifs is 1. The fraction of sp³-hybridized carbons (Fsp3) is 0.474. The van der Waals surface area contributed by atoms with Crippen molar-refractivity contribution in [2.45, 2.75) is 39.0 Å². The second kappa shape index (κ2) is 7.92. The van der Waals surface area contributed by atoms with Gasteiger partial charge in [0, 0.05) is 23.7 Å². The first-order valence-electron chi connectivity index (χ1n) is 8.06. The van der Waals surface area contributed by atoms with Crippen LogP contribution in [0.3, 0.4) is 0 Å². The zero-order valence-electron chi connectivity index (χ0n) is 13.6. The molecular weight excluding hydrogens is 274 g/mol. The van der Waals surface area contributed by atoms with Gasteiger partial charge in [-0.25, -0.2) is 4.79 Å². The molecule has 0 fully saturated rings. The van der Waals surface area contributed by atoms with Crippen molar-refractivity contribution in [3.8, 4) is 0 Å². The Hall–Kier alpha value is -1.90. The van der Waals surface area contributed by atoms with Crippen LogP contribution in [0.5, 0.6) is 0 Å². The summed E-state index contributed by atoms with van der Waals surface area (Å²) in [5, 5.41) is 0. The van der Waals surface area contributed by atoms with Gasteiger partial charge in [-0.15, -0.1) is 0 Å². The summed E-state index contributed by atoms with van der Waals surface area (Å²) in [4.78, 5) is 16.5. The minimum Gasteiger partial charge on any atom is -0.466 e. The predicted molar refractivity (Wildman–Crippen MR) is 90.3 cm³/mol. The highest BCUT2D eigenvalue weighted by Gasteiger charge is 2.24. The molecule has 3 nitrogen and oxygen atoms in total. The molecule has 1 heterocycles. The van der Waals surface area contributed by atoms with Gasteiger partial charge in [-0.1, -0.05) is 50.6 Å². The quantitative estimate of drug-likeness (QED) is 0.564. The van der Waals surface area contributed by atoms with Gasteiger partial charge in [-0.2, -0.15) is 0 Å². The zero-order chi connectivity index (χ0) is 15.9. The van der Waals surface area contributed by atoms with Gasteiger partial charge in [0.05, 0.1) is 7.11 Å². The van der Waals surface area contributed by atoms with Crippen LogP contribution in [0.1, 0.15) is 43.7 Å². The molecule has 22 heavy (non-hydrogen) atoms. The molecule has 1 aromatic rings. The summed E-state index contributed by atoms with van der Waals surface area (Å²) in [5.74, 6) is -0.0702. The van der Waals surface area contributed by atoms with E-state index in [1.807, 2.05) is 0 Å². The lowest BCUT2D eigenvalue weighted by Gasteiger charge is -2.25.